The number of amides is 1. The predicted molar refractivity (Wildman–Crippen MR) is 63.0 cm³/mol. The summed E-state index contributed by atoms with van der Waals surface area (Å²) in [5.74, 6) is 0.148. The van der Waals surface area contributed by atoms with E-state index in [1.54, 1.807) is 0 Å². The molecule has 1 amide bonds. The summed E-state index contributed by atoms with van der Waals surface area (Å²) in [7, 11) is 1.86. The molecule has 1 aliphatic heterocycles. The SMILES string of the molecule is CC.CC1Cc2ccccc2C(=O)N1C. The summed E-state index contributed by atoms with van der Waals surface area (Å²) >= 11 is 0. The Labute approximate surface area is 91.9 Å². The van der Waals surface area contributed by atoms with Crippen molar-refractivity contribution in [1.29, 1.82) is 0 Å². The van der Waals surface area contributed by atoms with Crippen LogP contribution in [-0.2, 0) is 6.42 Å². The van der Waals surface area contributed by atoms with E-state index in [9.17, 15) is 4.79 Å². The Morgan fingerprint density at radius 3 is 2.53 bits per heavy atom. The van der Waals surface area contributed by atoms with Crippen molar-refractivity contribution in [3.8, 4) is 0 Å². The van der Waals surface area contributed by atoms with Crippen LogP contribution in [0.25, 0.3) is 0 Å². The van der Waals surface area contributed by atoms with Gasteiger partial charge in [0.25, 0.3) is 5.91 Å². The number of nitrogens with zero attached hydrogens (tertiary/aromatic N) is 1. The van der Waals surface area contributed by atoms with Crippen LogP contribution in [0.1, 0.15) is 36.7 Å². The standard InChI is InChI=1S/C11H13NO.C2H6/c1-8-7-9-5-3-4-6-10(9)11(13)12(8)2;1-2/h3-6,8H,7H2,1-2H3;1-2H3. The molecule has 2 nitrogen and oxygen atoms in total. The van der Waals surface area contributed by atoms with Crippen LogP contribution in [-0.4, -0.2) is 23.9 Å². The number of carbonyl (C=O) groups excluding carboxylic acids is 1. The summed E-state index contributed by atoms with van der Waals surface area (Å²) in [6.45, 7) is 6.08. The summed E-state index contributed by atoms with van der Waals surface area (Å²) < 4.78 is 0. The van der Waals surface area contributed by atoms with Crippen molar-refractivity contribution in [2.45, 2.75) is 33.2 Å². The highest BCUT2D eigenvalue weighted by molar-refractivity contribution is 5.96. The molecule has 15 heavy (non-hydrogen) atoms. The van der Waals surface area contributed by atoms with E-state index in [1.807, 2.05) is 50.1 Å². The van der Waals surface area contributed by atoms with Crippen LogP contribution >= 0.6 is 0 Å². The molecule has 2 heteroatoms. The quantitative estimate of drug-likeness (QED) is 0.637. The second-order valence-corrected chi connectivity index (χ2v) is 3.63. The zero-order valence-corrected chi connectivity index (χ0v) is 9.95. The van der Waals surface area contributed by atoms with Crippen LogP contribution < -0.4 is 0 Å². The first-order chi connectivity index (χ1) is 7.20. The van der Waals surface area contributed by atoms with Crippen molar-refractivity contribution in [3.05, 3.63) is 35.4 Å². The fraction of sp³-hybridized carbons (Fsp3) is 0.462. The van der Waals surface area contributed by atoms with Crippen LogP contribution in [0.4, 0.5) is 0 Å². The van der Waals surface area contributed by atoms with Gasteiger partial charge in [-0.2, -0.15) is 0 Å². The minimum atomic E-state index is 0.148. The molecule has 0 fully saturated rings. The lowest BCUT2D eigenvalue weighted by Gasteiger charge is -2.31. The number of hydrogen-bond acceptors (Lipinski definition) is 1. The predicted octanol–water partition coefficient (Wildman–Crippen LogP) is 2.73. The third-order valence-corrected chi connectivity index (χ3v) is 2.74. The second-order valence-electron chi connectivity index (χ2n) is 3.63. The average Bonchev–Trinajstić information content (AvgIpc) is 2.29. The summed E-state index contributed by atoms with van der Waals surface area (Å²) in [6, 6.07) is 8.17. The summed E-state index contributed by atoms with van der Waals surface area (Å²) in [5, 5.41) is 0. The highest BCUT2D eigenvalue weighted by Gasteiger charge is 2.25. The average molecular weight is 205 g/mol. The molecular formula is C13H19NO. The molecule has 0 radical (unpaired) electrons. The lowest BCUT2D eigenvalue weighted by molar-refractivity contribution is 0.0721. The van der Waals surface area contributed by atoms with E-state index < -0.39 is 0 Å². The van der Waals surface area contributed by atoms with E-state index in [4.69, 9.17) is 0 Å². The first-order valence-electron chi connectivity index (χ1n) is 5.55. The van der Waals surface area contributed by atoms with E-state index in [1.165, 1.54) is 5.56 Å². The van der Waals surface area contributed by atoms with Crippen molar-refractivity contribution in [1.82, 2.24) is 4.90 Å². The van der Waals surface area contributed by atoms with Gasteiger partial charge in [-0.05, 0) is 25.0 Å². The normalized spacial score (nSPS) is 19.1. The smallest absolute Gasteiger partial charge is 0.254 e. The monoisotopic (exact) mass is 205 g/mol. The Morgan fingerprint density at radius 2 is 1.87 bits per heavy atom. The van der Waals surface area contributed by atoms with Gasteiger partial charge in [0.05, 0.1) is 0 Å². The van der Waals surface area contributed by atoms with Gasteiger partial charge >= 0.3 is 0 Å². The summed E-state index contributed by atoms with van der Waals surface area (Å²) in [5.41, 5.74) is 2.04. The highest BCUT2D eigenvalue weighted by Crippen LogP contribution is 2.21. The third kappa shape index (κ3) is 2.20. The fourth-order valence-corrected chi connectivity index (χ4v) is 1.75. The van der Waals surface area contributed by atoms with E-state index in [0.717, 1.165) is 12.0 Å². The molecule has 0 aromatic heterocycles. The molecule has 1 atom stereocenters. The first-order valence-corrected chi connectivity index (χ1v) is 5.55. The third-order valence-electron chi connectivity index (χ3n) is 2.74. The lowest BCUT2D eigenvalue weighted by atomic mass is 9.95. The second kappa shape index (κ2) is 4.96. The van der Waals surface area contributed by atoms with E-state index in [2.05, 4.69) is 6.92 Å². The maximum absolute atomic E-state index is 11.8. The van der Waals surface area contributed by atoms with Crippen LogP contribution in [0.3, 0.4) is 0 Å². The number of likely N-dealkylation sites (N-methyl/N-ethyl adjacent to an activating group) is 1. The molecule has 1 aromatic rings. The Bertz CT molecular complexity index is 346. The van der Waals surface area contributed by atoms with Crippen molar-refractivity contribution < 1.29 is 4.79 Å². The Morgan fingerprint density at radius 1 is 1.27 bits per heavy atom. The lowest BCUT2D eigenvalue weighted by Crippen LogP contribution is -2.40. The van der Waals surface area contributed by atoms with Gasteiger partial charge in [-0.3, -0.25) is 4.79 Å². The van der Waals surface area contributed by atoms with Gasteiger partial charge in [0.2, 0.25) is 0 Å². The van der Waals surface area contributed by atoms with Gasteiger partial charge in [-0.1, -0.05) is 32.0 Å². The van der Waals surface area contributed by atoms with E-state index >= 15 is 0 Å². The minimum Gasteiger partial charge on any atom is -0.339 e. The van der Waals surface area contributed by atoms with Gasteiger partial charge in [0, 0.05) is 18.7 Å². The molecule has 2 rings (SSSR count). The van der Waals surface area contributed by atoms with Gasteiger partial charge in [0.15, 0.2) is 0 Å². The van der Waals surface area contributed by atoms with Gasteiger partial charge in [-0.25, -0.2) is 0 Å². The van der Waals surface area contributed by atoms with Gasteiger partial charge in [-0.15, -0.1) is 0 Å². The maximum atomic E-state index is 11.8. The van der Waals surface area contributed by atoms with Gasteiger partial charge in [0.1, 0.15) is 0 Å². The molecule has 1 heterocycles. The number of fused-ring (bicyclic) bond motifs is 1. The molecule has 1 unspecified atom stereocenters. The molecule has 0 bridgehead atoms. The first kappa shape index (κ1) is 11.8. The van der Waals surface area contributed by atoms with Crippen molar-refractivity contribution in [2.75, 3.05) is 7.05 Å². The number of rotatable bonds is 0. The van der Waals surface area contributed by atoms with Crippen molar-refractivity contribution in [2.24, 2.45) is 0 Å². The highest BCUT2D eigenvalue weighted by atomic mass is 16.2. The van der Waals surface area contributed by atoms with E-state index in [-0.39, 0.29) is 5.91 Å². The Hall–Kier alpha value is -1.31. The molecule has 1 aliphatic rings. The van der Waals surface area contributed by atoms with Crippen molar-refractivity contribution in [3.63, 3.8) is 0 Å². The summed E-state index contributed by atoms with van der Waals surface area (Å²) in [6.07, 6.45) is 0.971. The largest absolute Gasteiger partial charge is 0.339 e. The maximum Gasteiger partial charge on any atom is 0.254 e. The number of hydrogen-bond donors (Lipinski definition) is 0. The van der Waals surface area contributed by atoms with Gasteiger partial charge < -0.3 is 4.90 Å². The summed E-state index contributed by atoms with van der Waals surface area (Å²) in [4.78, 5) is 13.6. The topological polar surface area (TPSA) is 20.3 Å². The van der Waals surface area contributed by atoms with Crippen LogP contribution in [0.15, 0.2) is 24.3 Å². The molecule has 0 spiro atoms. The number of benzene rings is 1. The molecule has 0 N–H and O–H groups in total. The molecule has 0 saturated heterocycles. The zero-order valence-electron chi connectivity index (χ0n) is 9.95. The molecule has 1 aromatic carbocycles. The van der Waals surface area contributed by atoms with Crippen LogP contribution in [0.2, 0.25) is 0 Å². The minimum absolute atomic E-state index is 0.148. The Balaban J connectivity index is 0.000000531. The van der Waals surface area contributed by atoms with E-state index in [0.29, 0.717) is 6.04 Å². The van der Waals surface area contributed by atoms with Crippen molar-refractivity contribution >= 4 is 5.91 Å². The van der Waals surface area contributed by atoms with Crippen LogP contribution in [0, 0.1) is 0 Å². The Kier molecular flexibility index (Phi) is 3.89. The number of carbonyl (C=O) groups is 1. The van der Waals surface area contributed by atoms with Crippen LogP contribution in [0.5, 0.6) is 0 Å². The molecular weight excluding hydrogens is 186 g/mol. The molecule has 0 saturated carbocycles. The fourth-order valence-electron chi connectivity index (χ4n) is 1.75. The molecule has 82 valence electrons. The molecule has 0 aliphatic carbocycles. The zero-order chi connectivity index (χ0) is 11.4.